The molecular weight excluding hydrogens is 410 g/mol. The van der Waals surface area contributed by atoms with Crippen molar-refractivity contribution in [3.8, 4) is 16.3 Å². The number of aromatic nitrogens is 1. The molecular formula is C24H15N3O3S. The normalized spacial score (nSPS) is 11.4. The van der Waals surface area contributed by atoms with Crippen LogP contribution in [-0.2, 0) is 0 Å². The number of thiazole rings is 1. The van der Waals surface area contributed by atoms with E-state index in [1.165, 1.54) is 12.5 Å². The Balaban J connectivity index is 1.29. The maximum atomic E-state index is 10.9. The number of non-ortho nitro benzene ring substituents is 1. The van der Waals surface area contributed by atoms with Crippen LogP contribution in [0, 0.1) is 10.1 Å². The molecule has 5 aromatic rings. The van der Waals surface area contributed by atoms with Crippen LogP contribution in [0.5, 0.6) is 5.75 Å². The summed E-state index contributed by atoms with van der Waals surface area (Å²) in [6.07, 6.45) is 1.39. The summed E-state index contributed by atoms with van der Waals surface area (Å²) >= 11 is 1.66. The molecule has 1 heterocycles. The van der Waals surface area contributed by atoms with Crippen LogP contribution in [0.15, 0.2) is 89.9 Å². The number of nitro benzene ring substituents is 1. The van der Waals surface area contributed by atoms with Crippen molar-refractivity contribution in [2.24, 2.45) is 4.99 Å². The highest BCUT2D eigenvalue weighted by molar-refractivity contribution is 7.21. The maximum Gasteiger partial charge on any atom is 0.270 e. The molecule has 6 nitrogen and oxygen atoms in total. The Morgan fingerprint density at radius 1 is 0.935 bits per heavy atom. The van der Waals surface area contributed by atoms with Crippen molar-refractivity contribution in [2.45, 2.75) is 0 Å². The molecule has 4 aromatic carbocycles. The zero-order valence-corrected chi connectivity index (χ0v) is 17.0. The van der Waals surface area contributed by atoms with Crippen molar-refractivity contribution in [2.75, 3.05) is 0 Å². The largest absolute Gasteiger partial charge is 0.446 e. The third-order valence-electron chi connectivity index (χ3n) is 4.80. The molecule has 0 amide bonds. The second-order valence-corrected chi connectivity index (χ2v) is 7.87. The summed E-state index contributed by atoms with van der Waals surface area (Å²) in [5, 5.41) is 13.5. The van der Waals surface area contributed by atoms with E-state index in [9.17, 15) is 10.1 Å². The zero-order valence-electron chi connectivity index (χ0n) is 16.1. The summed E-state index contributed by atoms with van der Waals surface area (Å²) in [5.41, 5.74) is 2.88. The third-order valence-corrected chi connectivity index (χ3v) is 5.89. The summed E-state index contributed by atoms with van der Waals surface area (Å²) < 4.78 is 6.78. The van der Waals surface area contributed by atoms with E-state index in [1.807, 2.05) is 48.5 Å². The maximum absolute atomic E-state index is 10.9. The van der Waals surface area contributed by atoms with Gasteiger partial charge in [-0.25, -0.2) is 9.98 Å². The second-order valence-electron chi connectivity index (χ2n) is 6.84. The molecule has 7 heteroatoms. The molecule has 31 heavy (non-hydrogen) atoms. The van der Waals surface area contributed by atoms with Crippen molar-refractivity contribution in [1.29, 1.82) is 0 Å². The van der Waals surface area contributed by atoms with Crippen molar-refractivity contribution < 1.29 is 9.66 Å². The van der Waals surface area contributed by atoms with Crippen molar-refractivity contribution in [1.82, 2.24) is 4.98 Å². The van der Waals surface area contributed by atoms with Crippen molar-refractivity contribution in [3.05, 3.63) is 95.0 Å². The van der Waals surface area contributed by atoms with E-state index in [2.05, 4.69) is 16.0 Å². The number of nitro groups is 1. The lowest BCUT2D eigenvalue weighted by Gasteiger charge is -2.03. The van der Waals surface area contributed by atoms with Crippen LogP contribution in [-0.4, -0.2) is 16.3 Å². The number of para-hydroxylation sites is 1. The Labute approximate surface area is 181 Å². The molecule has 0 aliphatic carbocycles. The fourth-order valence-electron chi connectivity index (χ4n) is 3.23. The molecule has 0 radical (unpaired) electrons. The highest BCUT2D eigenvalue weighted by Gasteiger charge is 2.07. The molecule has 5 rings (SSSR count). The topological polar surface area (TPSA) is 77.6 Å². The lowest BCUT2D eigenvalue weighted by Crippen LogP contribution is -1.90. The van der Waals surface area contributed by atoms with Gasteiger partial charge in [0.2, 0.25) is 0 Å². The van der Waals surface area contributed by atoms with Gasteiger partial charge < -0.3 is 4.74 Å². The standard InChI is InChI=1S/C24H15N3O3S/c28-27(29)20-11-7-18-14-21(12-8-17(18)13-20)30-15-25-19-9-5-16(6-10-19)24-26-22-3-1-2-4-23(22)31-24/h1-15H. The molecule has 0 fully saturated rings. The summed E-state index contributed by atoms with van der Waals surface area (Å²) in [4.78, 5) is 19.5. The average molecular weight is 425 g/mol. The van der Waals surface area contributed by atoms with Crippen LogP contribution in [0.2, 0.25) is 0 Å². The molecule has 0 spiro atoms. The monoisotopic (exact) mass is 425 g/mol. The van der Waals surface area contributed by atoms with Crippen molar-refractivity contribution >= 4 is 50.1 Å². The molecule has 150 valence electrons. The Hall–Kier alpha value is -4.10. The first-order chi connectivity index (χ1) is 15.2. The summed E-state index contributed by atoms with van der Waals surface area (Å²) in [6, 6.07) is 26.0. The molecule has 0 saturated carbocycles. The third kappa shape index (κ3) is 3.99. The second kappa shape index (κ2) is 7.97. The Morgan fingerprint density at radius 3 is 2.52 bits per heavy atom. The predicted octanol–water partition coefficient (Wildman–Crippen LogP) is 6.76. The Kier molecular flexibility index (Phi) is 4.86. The van der Waals surface area contributed by atoms with Crippen LogP contribution in [0.4, 0.5) is 11.4 Å². The smallest absolute Gasteiger partial charge is 0.270 e. The SMILES string of the molecule is O=[N+]([O-])c1ccc2cc(OC=Nc3ccc(-c4nc5ccccc5s4)cc3)ccc2c1. The molecule has 0 atom stereocenters. The van der Waals surface area contributed by atoms with E-state index in [0.29, 0.717) is 5.75 Å². The number of aliphatic imine (C=N–C) groups is 1. The van der Waals surface area contributed by atoms with E-state index in [0.717, 1.165) is 37.2 Å². The van der Waals surface area contributed by atoms with Crippen LogP contribution >= 0.6 is 11.3 Å². The number of fused-ring (bicyclic) bond motifs is 2. The lowest BCUT2D eigenvalue weighted by atomic mass is 10.1. The van der Waals surface area contributed by atoms with Gasteiger partial charge >= 0.3 is 0 Å². The van der Waals surface area contributed by atoms with Gasteiger partial charge in [0.1, 0.15) is 10.8 Å². The highest BCUT2D eigenvalue weighted by Crippen LogP contribution is 2.31. The summed E-state index contributed by atoms with van der Waals surface area (Å²) in [5.74, 6) is 0.608. The quantitative estimate of drug-likeness (QED) is 0.135. The van der Waals surface area contributed by atoms with Gasteiger partial charge in [-0.3, -0.25) is 10.1 Å². The van der Waals surface area contributed by atoms with Crippen LogP contribution in [0.3, 0.4) is 0 Å². The molecule has 0 unspecified atom stereocenters. The number of rotatable bonds is 5. The van der Waals surface area contributed by atoms with E-state index >= 15 is 0 Å². The van der Waals surface area contributed by atoms with E-state index in [-0.39, 0.29) is 5.69 Å². The Bertz CT molecular complexity index is 1410. The van der Waals surface area contributed by atoms with Crippen LogP contribution < -0.4 is 4.74 Å². The van der Waals surface area contributed by atoms with Crippen LogP contribution in [0.25, 0.3) is 31.6 Å². The van der Waals surface area contributed by atoms with Gasteiger partial charge in [-0.2, -0.15) is 0 Å². The minimum absolute atomic E-state index is 0.0667. The first-order valence-electron chi connectivity index (χ1n) is 9.49. The van der Waals surface area contributed by atoms with Gasteiger partial charge in [0, 0.05) is 17.7 Å². The summed E-state index contributed by atoms with van der Waals surface area (Å²) in [6.45, 7) is 0. The molecule has 0 aliphatic heterocycles. The average Bonchev–Trinajstić information content (AvgIpc) is 3.23. The number of ether oxygens (including phenoxy) is 1. The summed E-state index contributed by atoms with van der Waals surface area (Å²) in [7, 11) is 0. The van der Waals surface area contributed by atoms with E-state index in [4.69, 9.17) is 4.74 Å². The lowest BCUT2D eigenvalue weighted by molar-refractivity contribution is -0.384. The van der Waals surface area contributed by atoms with Gasteiger partial charge in [0.25, 0.3) is 5.69 Å². The molecule has 0 N–H and O–H groups in total. The fraction of sp³-hybridized carbons (Fsp3) is 0. The highest BCUT2D eigenvalue weighted by atomic mass is 32.1. The van der Waals surface area contributed by atoms with E-state index < -0.39 is 4.92 Å². The predicted molar refractivity (Wildman–Crippen MR) is 124 cm³/mol. The Morgan fingerprint density at radius 2 is 1.71 bits per heavy atom. The molecule has 0 bridgehead atoms. The van der Waals surface area contributed by atoms with Gasteiger partial charge in [-0.1, -0.05) is 18.2 Å². The van der Waals surface area contributed by atoms with Crippen LogP contribution in [0.1, 0.15) is 0 Å². The molecule has 0 saturated heterocycles. The van der Waals surface area contributed by atoms with Gasteiger partial charge in [0.05, 0.1) is 20.8 Å². The number of hydrogen-bond donors (Lipinski definition) is 0. The first kappa shape index (κ1) is 18.9. The van der Waals surface area contributed by atoms with Gasteiger partial charge in [0.15, 0.2) is 6.40 Å². The van der Waals surface area contributed by atoms with Gasteiger partial charge in [-0.05, 0) is 65.4 Å². The minimum Gasteiger partial charge on any atom is -0.446 e. The first-order valence-corrected chi connectivity index (χ1v) is 10.3. The van der Waals surface area contributed by atoms with E-state index in [1.54, 1.807) is 35.6 Å². The molecule has 0 aliphatic rings. The number of hydrogen-bond acceptors (Lipinski definition) is 6. The minimum atomic E-state index is -0.404. The molecule has 1 aromatic heterocycles. The fourth-order valence-corrected chi connectivity index (χ4v) is 4.20. The van der Waals surface area contributed by atoms with Crippen molar-refractivity contribution in [3.63, 3.8) is 0 Å². The van der Waals surface area contributed by atoms with Gasteiger partial charge in [-0.15, -0.1) is 11.3 Å². The number of nitrogens with zero attached hydrogens (tertiary/aromatic N) is 3. The number of benzene rings is 4. The zero-order chi connectivity index (χ0) is 21.2.